The number of phosphoric ester groups is 1. The third-order valence-corrected chi connectivity index (χ3v) is 8.84. The van der Waals surface area contributed by atoms with Crippen LogP contribution in [0.15, 0.2) is 74.1 Å². The van der Waals surface area contributed by atoms with Crippen LogP contribution in [0.1, 0.15) is 0 Å². The van der Waals surface area contributed by atoms with Crippen molar-refractivity contribution in [2.75, 3.05) is 0 Å². The van der Waals surface area contributed by atoms with Gasteiger partial charge in [0, 0.05) is 19.9 Å². The summed E-state index contributed by atoms with van der Waals surface area (Å²) in [7, 11) is -4.68. The molecule has 5 rings (SSSR count). The largest absolute Gasteiger partial charge is 0.524 e. The van der Waals surface area contributed by atoms with Crippen LogP contribution in [0, 0.1) is 0 Å². The number of phosphoric acid groups is 1. The minimum absolute atomic E-state index is 0.0631. The zero-order chi connectivity index (χ0) is 21.9. The molecular weight excluding hydrogens is 631 g/mol. The normalized spacial score (nSPS) is 12.2. The molecule has 9 heteroatoms. The summed E-state index contributed by atoms with van der Waals surface area (Å²) in [5.74, 6) is 0.0631. The fourth-order valence-corrected chi connectivity index (χ4v) is 7.75. The molecular formula is C22H12Br3O4PS. The molecule has 0 saturated heterocycles. The zero-order valence-corrected chi connectivity index (χ0v) is 21.9. The van der Waals surface area contributed by atoms with Crippen LogP contribution in [0.3, 0.4) is 0 Å². The maximum atomic E-state index is 11.3. The second-order valence-electron chi connectivity index (χ2n) is 6.92. The molecule has 0 aliphatic heterocycles. The van der Waals surface area contributed by atoms with Crippen molar-refractivity contribution < 1.29 is 18.9 Å². The number of halogens is 3. The summed E-state index contributed by atoms with van der Waals surface area (Å²) in [6.45, 7) is 0. The molecule has 0 fully saturated rings. The minimum atomic E-state index is -4.68. The molecule has 2 N–H and O–H groups in total. The fraction of sp³-hybridized carbons (Fsp3) is 0. The van der Waals surface area contributed by atoms with Gasteiger partial charge in [0.25, 0.3) is 0 Å². The molecule has 4 nitrogen and oxygen atoms in total. The SMILES string of the molecule is O=P(O)(O)Oc1c(Br)cc(-c2cccc3sc4c(Br)c5ccccc5cc4c23)cc1Br. The van der Waals surface area contributed by atoms with Crippen molar-refractivity contribution in [2.45, 2.75) is 0 Å². The summed E-state index contributed by atoms with van der Waals surface area (Å²) < 4.78 is 20.5. The molecule has 0 amide bonds. The molecule has 31 heavy (non-hydrogen) atoms. The van der Waals surface area contributed by atoms with E-state index in [9.17, 15) is 14.4 Å². The molecule has 1 heterocycles. The lowest BCUT2D eigenvalue weighted by molar-refractivity contribution is 0.282. The second kappa shape index (κ2) is 7.96. The molecule has 156 valence electrons. The van der Waals surface area contributed by atoms with Crippen LogP contribution in [-0.2, 0) is 4.57 Å². The van der Waals surface area contributed by atoms with E-state index in [2.05, 4.69) is 78.1 Å². The van der Waals surface area contributed by atoms with E-state index in [1.165, 1.54) is 10.1 Å². The van der Waals surface area contributed by atoms with Crippen LogP contribution in [0.25, 0.3) is 42.1 Å². The topological polar surface area (TPSA) is 66.8 Å². The number of hydrogen-bond acceptors (Lipinski definition) is 3. The monoisotopic (exact) mass is 640 g/mol. The van der Waals surface area contributed by atoms with E-state index in [0.29, 0.717) is 8.95 Å². The van der Waals surface area contributed by atoms with E-state index in [1.807, 2.05) is 30.3 Å². The summed E-state index contributed by atoms with van der Waals surface area (Å²) in [6, 6.07) is 20.3. The second-order valence-corrected chi connectivity index (χ2v) is 11.6. The molecule has 0 unspecified atom stereocenters. The Hall–Kier alpha value is -1.25. The lowest BCUT2D eigenvalue weighted by Crippen LogP contribution is -1.93. The van der Waals surface area contributed by atoms with Gasteiger partial charge in [0.05, 0.1) is 13.6 Å². The minimum Gasteiger partial charge on any atom is -0.402 e. The maximum Gasteiger partial charge on any atom is 0.524 e. The first-order valence-electron chi connectivity index (χ1n) is 9.00. The van der Waals surface area contributed by atoms with Crippen LogP contribution in [0.2, 0.25) is 0 Å². The number of fused-ring (bicyclic) bond motifs is 4. The van der Waals surface area contributed by atoms with E-state index in [-0.39, 0.29) is 5.75 Å². The molecule has 0 radical (unpaired) electrons. The smallest absolute Gasteiger partial charge is 0.402 e. The number of benzene rings is 4. The molecule has 0 bridgehead atoms. The number of thiophene rings is 1. The predicted octanol–water partition coefficient (Wildman–Crippen LogP) is 8.63. The van der Waals surface area contributed by atoms with E-state index in [1.54, 1.807) is 11.3 Å². The molecule has 0 atom stereocenters. The summed E-state index contributed by atoms with van der Waals surface area (Å²) >= 11 is 12.3. The Labute approximate surface area is 206 Å². The summed E-state index contributed by atoms with van der Waals surface area (Å²) in [5, 5.41) is 4.62. The van der Waals surface area contributed by atoms with Gasteiger partial charge in [0.2, 0.25) is 0 Å². The third-order valence-electron chi connectivity index (χ3n) is 4.97. The third kappa shape index (κ3) is 3.89. The van der Waals surface area contributed by atoms with Gasteiger partial charge in [-0.3, -0.25) is 9.79 Å². The molecule has 5 aromatic rings. The Morgan fingerprint density at radius 2 is 1.58 bits per heavy atom. The molecule has 0 aliphatic rings. The summed E-state index contributed by atoms with van der Waals surface area (Å²) in [6.07, 6.45) is 0. The van der Waals surface area contributed by atoms with Gasteiger partial charge in [0.15, 0.2) is 5.75 Å². The average molecular weight is 643 g/mol. The van der Waals surface area contributed by atoms with Crippen molar-refractivity contribution in [3.05, 3.63) is 74.1 Å². The molecule has 0 saturated carbocycles. The zero-order valence-electron chi connectivity index (χ0n) is 15.5. The van der Waals surface area contributed by atoms with Crippen LogP contribution in [0.5, 0.6) is 5.75 Å². The van der Waals surface area contributed by atoms with E-state index in [0.717, 1.165) is 36.5 Å². The predicted molar refractivity (Wildman–Crippen MR) is 138 cm³/mol. The lowest BCUT2D eigenvalue weighted by atomic mass is 9.98. The highest BCUT2D eigenvalue weighted by atomic mass is 79.9. The van der Waals surface area contributed by atoms with Crippen LogP contribution in [-0.4, -0.2) is 9.79 Å². The van der Waals surface area contributed by atoms with Crippen molar-refractivity contribution in [3.63, 3.8) is 0 Å². The Bertz CT molecular complexity index is 1530. The van der Waals surface area contributed by atoms with Crippen molar-refractivity contribution >= 4 is 97.9 Å². The maximum absolute atomic E-state index is 11.3. The van der Waals surface area contributed by atoms with Gasteiger partial charge < -0.3 is 4.52 Å². The van der Waals surface area contributed by atoms with Gasteiger partial charge in [-0.1, -0.05) is 36.4 Å². The van der Waals surface area contributed by atoms with Gasteiger partial charge >= 0.3 is 7.82 Å². The Morgan fingerprint density at radius 3 is 2.29 bits per heavy atom. The van der Waals surface area contributed by atoms with Crippen LogP contribution >= 0.6 is 66.9 Å². The molecule has 4 aromatic carbocycles. The lowest BCUT2D eigenvalue weighted by Gasteiger charge is -2.13. The first kappa shape index (κ1) is 21.6. The van der Waals surface area contributed by atoms with Gasteiger partial charge in [0.1, 0.15) is 0 Å². The van der Waals surface area contributed by atoms with Gasteiger partial charge in [-0.2, -0.15) is 0 Å². The van der Waals surface area contributed by atoms with Crippen molar-refractivity contribution in [3.8, 4) is 16.9 Å². The highest BCUT2D eigenvalue weighted by Gasteiger charge is 2.22. The Balaban J connectivity index is 1.80. The van der Waals surface area contributed by atoms with Gasteiger partial charge in [-0.05, 0) is 94.0 Å². The summed E-state index contributed by atoms with van der Waals surface area (Å²) in [4.78, 5) is 18.4. The molecule has 1 aromatic heterocycles. The average Bonchev–Trinajstić information content (AvgIpc) is 3.09. The van der Waals surface area contributed by atoms with Gasteiger partial charge in [-0.25, -0.2) is 4.57 Å². The first-order valence-corrected chi connectivity index (χ1v) is 13.7. The standard InChI is InChI=1S/C22H12Br3O4PS/c23-16-9-12(10-17(24)21(16)29-30(26,27)28)13-6-3-7-18-19(13)15-8-11-4-1-2-5-14(11)20(25)22(15)31-18/h1-10H,(H2,26,27,28). The number of hydrogen-bond donors (Lipinski definition) is 2. The fourth-order valence-electron chi connectivity index (χ4n) is 3.74. The first-order chi connectivity index (χ1) is 14.7. The highest BCUT2D eigenvalue weighted by molar-refractivity contribution is 9.11. The van der Waals surface area contributed by atoms with E-state index >= 15 is 0 Å². The van der Waals surface area contributed by atoms with Gasteiger partial charge in [-0.15, -0.1) is 11.3 Å². The molecule has 0 spiro atoms. The van der Waals surface area contributed by atoms with Crippen molar-refractivity contribution in [2.24, 2.45) is 0 Å². The highest BCUT2D eigenvalue weighted by Crippen LogP contribution is 2.49. The van der Waals surface area contributed by atoms with Crippen molar-refractivity contribution in [1.29, 1.82) is 0 Å². The van der Waals surface area contributed by atoms with E-state index < -0.39 is 7.82 Å². The van der Waals surface area contributed by atoms with Crippen LogP contribution < -0.4 is 4.52 Å². The molecule has 0 aliphatic carbocycles. The van der Waals surface area contributed by atoms with Crippen LogP contribution in [0.4, 0.5) is 0 Å². The van der Waals surface area contributed by atoms with E-state index in [4.69, 9.17) is 4.52 Å². The Morgan fingerprint density at radius 1 is 0.871 bits per heavy atom. The Kier molecular flexibility index (Phi) is 5.54. The summed E-state index contributed by atoms with van der Waals surface area (Å²) in [5.41, 5.74) is 1.92. The quantitative estimate of drug-likeness (QED) is 0.193. The number of rotatable bonds is 3. The van der Waals surface area contributed by atoms with Crippen molar-refractivity contribution in [1.82, 2.24) is 0 Å².